The Morgan fingerprint density at radius 2 is 1.05 bits per heavy atom. The van der Waals surface area contributed by atoms with Crippen molar-refractivity contribution in [2.24, 2.45) is 5.92 Å². The van der Waals surface area contributed by atoms with Crippen LogP contribution in [0.5, 0.6) is 0 Å². The molecule has 20 heavy (non-hydrogen) atoms. The van der Waals surface area contributed by atoms with Gasteiger partial charge in [0.05, 0.1) is 0 Å². The molecule has 0 bridgehead atoms. The first-order valence-corrected chi connectivity index (χ1v) is 9.59. The van der Waals surface area contributed by atoms with Gasteiger partial charge < -0.3 is 0 Å². The Labute approximate surface area is 127 Å². The molecule has 0 aromatic rings. The molecule has 0 aromatic carbocycles. The van der Waals surface area contributed by atoms with E-state index in [9.17, 15) is 0 Å². The molecule has 0 atom stereocenters. The van der Waals surface area contributed by atoms with Gasteiger partial charge in [-0.15, -0.1) is 9.79 Å². The lowest BCUT2D eigenvalue weighted by Gasteiger charge is -2.16. The van der Waals surface area contributed by atoms with Crippen LogP contribution in [0.15, 0.2) is 0 Å². The van der Waals surface area contributed by atoms with Crippen LogP contribution in [-0.4, -0.2) is 9.79 Å². The van der Waals surface area contributed by atoms with Gasteiger partial charge in [-0.25, -0.2) is 0 Å². The van der Waals surface area contributed by atoms with Crippen molar-refractivity contribution in [3.8, 4) is 0 Å². The molecule has 0 aliphatic rings. The first-order chi connectivity index (χ1) is 9.58. The standard InChI is InChI=1S/C16H34.HO3P/c1-4-7-10-11-12-15-16(13-8-5-2)14-9-6-3;1-4(2)3/h16H,4-15H2,1-3H3;(H-,1,2,3)/p+1. The molecule has 0 spiro atoms. The van der Waals surface area contributed by atoms with Gasteiger partial charge in [-0.3, -0.25) is 0 Å². The second kappa shape index (κ2) is 19.0. The zero-order valence-electron chi connectivity index (χ0n) is 13.8. The van der Waals surface area contributed by atoms with Crippen molar-refractivity contribution in [3.63, 3.8) is 0 Å². The van der Waals surface area contributed by atoms with Crippen molar-refractivity contribution >= 4 is 8.25 Å². The smallest absolute Gasteiger partial charge is 0.134 e. The topological polar surface area (TPSA) is 57.5 Å². The molecule has 0 radical (unpaired) electrons. The van der Waals surface area contributed by atoms with E-state index in [0.717, 1.165) is 5.92 Å². The van der Waals surface area contributed by atoms with E-state index in [4.69, 9.17) is 14.4 Å². The van der Waals surface area contributed by atoms with Gasteiger partial charge in [0.25, 0.3) is 0 Å². The molecular formula is C16H36O3P+. The zero-order chi connectivity index (χ0) is 15.6. The minimum absolute atomic E-state index is 1.04. The number of hydrogen-bond acceptors (Lipinski definition) is 1. The van der Waals surface area contributed by atoms with E-state index >= 15 is 0 Å². The van der Waals surface area contributed by atoms with Gasteiger partial charge in [-0.2, -0.15) is 0 Å². The lowest BCUT2D eigenvalue weighted by atomic mass is 9.90. The average molecular weight is 307 g/mol. The van der Waals surface area contributed by atoms with E-state index in [-0.39, 0.29) is 0 Å². The van der Waals surface area contributed by atoms with Crippen LogP contribution in [0.4, 0.5) is 0 Å². The molecule has 0 amide bonds. The van der Waals surface area contributed by atoms with Crippen molar-refractivity contribution in [1.82, 2.24) is 0 Å². The Morgan fingerprint density at radius 1 is 0.700 bits per heavy atom. The van der Waals surface area contributed by atoms with E-state index in [2.05, 4.69) is 20.8 Å². The summed E-state index contributed by atoms with van der Waals surface area (Å²) >= 11 is 0. The Balaban J connectivity index is 0. The van der Waals surface area contributed by atoms with Gasteiger partial charge >= 0.3 is 8.25 Å². The van der Waals surface area contributed by atoms with Crippen LogP contribution >= 0.6 is 8.25 Å². The minimum Gasteiger partial charge on any atom is -0.134 e. The van der Waals surface area contributed by atoms with E-state index in [1.54, 1.807) is 0 Å². The molecule has 0 aromatic heterocycles. The largest absolute Gasteiger partial charge is 0.692 e. The summed E-state index contributed by atoms with van der Waals surface area (Å²) < 4.78 is 8.70. The van der Waals surface area contributed by atoms with Crippen molar-refractivity contribution in [1.29, 1.82) is 0 Å². The summed E-state index contributed by atoms with van der Waals surface area (Å²) in [5.74, 6) is 1.04. The molecule has 2 N–H and O–H groups in total. The highest BCUT2D eigenvalue weighted by atomic mass is 31.1. The molecule has 122 valence electrons. The molecule has 0 aliphatic carbocycles. The van der Waals surface area contributed by atoms with Crippen LogP contribution in [0.3, 0.4) is 0 Å². The van der Waals surface area contributed by atoms with Crippen molar-refractivity contribution in [3.05, 3.63) is 0 Å². The average Bonchev–Trinajstić information content (AvgIpc) is 2.40. The predicted molar refractivity (Wildman–Crippen MR) is 88.0 cm³/mol. The van der Waals surface area contributed by atoms with Gasteiger partial charge in [-0.1, -0.05) is 97.8 Å². The molecule has 0 saturated heterocycles. The molecule has 0 saturated carbocycles. The fraction of sp³-hybridized carbons (Fsp3) is 1.00. The van der Waals surface area contributed by atoms with Gasteiger partial charge in [-0.05, 0) is 5.92 Å². The number of unbranched alkanes of at least 4 members (excludes halogenated alkanes) is 6. The monoisotopic (exact) mass is 307 g/mol. The summed E-state index contributed by atoms with van der Waals surface area (Å²) in [6.07, 6.45) is 17.4. The van der Waals surface area contributed by atoms with Crippen LogP contribution in [0, 0.1) is 5.92 Å². The summed E-state index contributed by atoms with van der Waals surface area (Å²) in [5, 5.41) is 0. The highest BCUT2D eigenvalue weighted by Crippen LogP contribution is 2.22. The molecule has 0 heterocycles. The second-order valence-corrected chi connectivity index (χ2v) is 6.11. The highest BCUT2D eigenvalue weighted by Gasteiger charge is 2.07. The van der Waals surface area contributed by atoms with Gasteiger partial charge in [0.2, 0.25) is 0 Å². The first kappa shape index (κ1) is 22.3. The van der Waals surface area contributed by atoms with E-state index in [0.29, 0.717) is 0 Å². The SMILES string of the molecule is CCCCCCCC(CCCC)CCCC.O=[P+](O)O. The molecule has 3 nitrogen and oxygen atoms in total. The summed E-state index contributed by atoms with van der Waals surface area (Å²) in [6.45, 7) is 6.93. The van der Waals surface area contributed by atoms with Gasteiger partial charge in [0.15, 0.2) is 0 Å². The highest BCUT2D eigenvalue weighted by molar-refractivity contribution is 7.30. The van der Waals surface area contributed by atoms with E-state index in [1.807, 2.05) is 0 Å². The summed E-state index contributed by atoms with van der Waals surface area (Å²) in [5.41, 5.74) is 0. The number of hydrogen-bond donors (Lipinski definition) is 2. The molecular weight excluding hydrogens is 271 g/mol. The maximum atomic E-state index is 8.70. The van der Waals surface area contributed by atoms with Crippen LogP contribution in [0.25, 0.3) is 0 Å². The summed E-state index contributed by atoms with van der Waals surface area (Å²) in [4.78, 5) is 14.2. The fourth-order valence-corrected chi connectivity index (χ4v) is 2.46. The second-order valence-electron chi connectivity index (χ2n) is 5.61. The maximum Gasteiger partial charge on any atom is 0.692 e. The lowest BCUT2D eigenvalue weighted by Crippen LogP contribution is -2.00. The normalized spacial score (nSPS) is 10.3. The number of rotatable bonds is 12. The minimum atomic E-state index is -2.87. The summed E-state index contributed by atoms with van der Waals surface area (Å²) in [7, 11) is -2.87. The van der Waals surface area contributed by atoms with Crippen molar-refractivity contribution < 1.29 is 14.4 Å². The van der Waals surface area contributed by atoms with Crippen molar-refractivity contribution in [2.75, 3.05) is 0 Å². The van der Waals surface area contributed by atoms with Crippen LogP contribution < -0.4 is 0 Å². The quantitative estimate of drug-likeness (QED) is 0.345. The Bertz CT molecular complexity index is 186. The van der Waals surface area contributed by atoms with Crippen molar-refractivity contribution in [2.45, 2.75) is 97.8 Å². The summed E-state index contributed by atoms with van der Waals surface area (Å²) in [6, 6.07) is 0. The first-order valence-electron chi connectivity index (χ1n) is 8.43. The molecule has 0 aliphatic heterocycles. The molecule has 0 unspecified atom stereocenters. The zero-order valence-corrected chi connectivity index (χ0v) is 14.7. The fourth-order valence-electron chi connectivity index (χ4n) is 2.46. The van der Waals surface area contributed by atoms with Crippen LogP contribution in [0.1, 0.15) is 97.8 Å². The van der Waals surface area contributed by atoms with Gasteiger partial charge in [0.1, 0.15) is 0 Å². The molecule has 4 heteroatoms. The van der Waals surface area contributed by atoms with E-state index in [1.165, 1.54) is 77.0 Å². The van der Waals surface area contributed by atoms with Gasteiger partial charge in [0, 0.05) is 4.57 Å². The predicted octanol–water partition coefficient (Wildman–Crippen LogP) is 5.97. The molecule has 0 rings (SSSR count). The Morgan fingerprint density at radius 3 is 1.45 bits per heavy atom. The Hall–Kier alpha value is 0.0200. The lowest BCUT2D eigenvalue weighted by molar-refractivity contribution is 0.377. The third-order valence-corrected chi connectivity index (χ3v) is 3.65. The van der Waals surface area contributed by atoms with Crippen LogP contribution in [0.2, 0.25) is 0 Å². The third-order valence-electron chi connectivity index (χ3n) is 3.65. The Kier molecular flexibility index (Phi) is 21.2. The third kappa shape index (κ3) is 23.1. The maximum absolute atomic E-state index is 8.70. The molecule has 0 fully saturated rings. The van der Waals surface area contributed by atoms with E-state index < -0.39 is 8.25 Å². The van der Waals surface area contributed by atoms with Crippen LogP contribution in [-0.2, 0) is 4.57 Å².